The van der Waals surface area contributed by atoms with E-state index in [0.717, 1.165) is 0 Å². The summed E-state index contributed by atoms with van der Waals surface area (Å²) in [5, 5.41) is 0. The maximum Gasteiger partial charge on any atom is 0.401 e. The summed E-state index contributed by atoms with van der Waals surface area (Å²) in [5.74, 6) is 0. The Labute approximate surface area is 108 Å². The molecule has 0 bridgehead atoms. The summed E-state index contributed by atoms with van der Waals surface area (Å²) in [6.45, 7) is -0.182. The largest absolute Gasteiger partial charge is 0.401 e. The van der Waals surface area contributed by atoms with Crippen LogP contribution in [0.25, 0.3) is 0 Å². The van der Waals surface area contributed by atoms with Crippen LogP contribution < -0.4 is 0 Å². The Bertz CT molecular complexity index is 275. The van der Waals surface area contributed by atoms with E-state index in [2.05, 4.69) is 0 Å². The molecular formula is C11H18F6N2. The molecule has 114 valence electrons. The van der Waals surface area contributed by atoms with Gasteiger partial charge in [-0.3, -0.25) is 9.80 Å². The summed E-state index contributed by atoms with van der Waals surface area (Å²) in [6.07, 6.45) is -7.48. The van der Waals surface area contributed by atoms with Crippen LogP contribution in [0.15, 0.2) is 0 Å². The lowest BCUT2D eigenvalue weighted by atomic mass is 10.1. The fourth-order valence-electron chi connectivity index (χ4n) is 2.40. The molecule has 0 aromatic carbocycles. The van der Waals surface area contributed by atoms with Crippen LogP contribution >= 0.6 is 0 Å². The van der Waals surface area contributed by atoms with Crippen molar-refractivity contribution in [2.24, 2.45) is 0 Å². The average molecular weight is 292 g/mol. The van der Waals surface area contributed by atoms with Gasteiger partial charge < -0.3 is 0 Å². The standard InChI is InChI=1S/C11H18F6N2/c1-2-3-9-6-18(7-10(12,13)14)4-5-19(9)8-11(15,16)17/h9H,2-8H2,1H3/t9-/m0/s1. The summed E-state index contributed by atoms with van der Waals surface area (Å²) < 4.78 is 74.0. The SMILES string of the molecule is CCC[C@H]1CN(CC(F)(F)F)CCN1CC(F)(F)F. The first-order chi connectivity index (χ1) is 8.61. The van der Waals surface area contributed by atoms with Gasteiger partial charge in [0.05, 0.1) is 13.1 Å². The number of rotatable bonds is 4. The molecule has 0 aromatic heterocycles. The van der Waals surface area contributed by atoms with E-state index >= 15 is 0 Å². The van der Waals surface area contributed by atoms with Crippen molar-refractivity contribution in [2.45, 2.75) is 38.2 Å². The van der Waals surface area contributed by atoms with E-state index in [4.69, 9.17) is 0 Å². The van der Waals surface area contributed by atoms with E-state index in [0.29, 0.717) is 12.8 Å². The van der Waals surface area contributed by atoms with Crippen molar-refractivity contribution >= 4 is 0 Å². The van der Waals surface area contributed by atoms with Crippen LogP contribution in [0, 0.1) is 0 Å². The number of nitrogens with zero attached hydrogens (tertiary/aromatic N) is 2. The molecule has 19 heavy (non-hydrogen) atoms. The molecular weight excluding hydrogens is 274 g/mol. The summed E-state index contributed by atoms with van der Waals surface area (Å²) in [7, 11) is 0. The minimum absolute atomic E-state index is 0.0236. The first-order valence-corrected chi connectivity index (χ1v) is 6.20. The summed E-state index contributed by atoms with van der Waals surface area (Å²) in [6, 6.07) is -0.456. The van der Waals surface area contributed by atoms with Crippen molar-refractivity contribution in [3.63, 3.8) is 0 Å². The van der Waals surface area contributed by atoms with Gasteiger partial charge in [0.1, 0.15) is 0 Å². The average Bonchev–Trinajstić information content (AvgIpc) is 2.18. The zero-order chi connectivity index (χ0) is 14.7. The van der Waals surface area contributed by atoms with Gasteiger partial charge in [-0.25, -0.2) is 0 Å². The number of hydrogen-bond acceptors (Lipinski definition) is 2. The van der Waals surface area contributed by atoms with E-state index in [1.54, 1.807) is 0 Å². The molecule has 0 amide bonds. The fourth-order valence-corrected chi connectivity index (χ4v) is 2.40. The smallest absolute Gasteiger partial charge is 0.292 e. The molecule has 0 N–H and O–H groups in total. The van der Waals surface area contributed by atoms with Crippen molar-refractivity contribution in [3.8, 4) is 0 Å². The normalized spacial score (nSPS) is 23.8. The maximum atomic E-state index is 12.4. The quantitative estimate of drug-likeness (QED) is 0.735. The molecule has 0 unspecified atom stereocenters. The number of piperazine rings is 1. The molecule has 1 aliphatic rings. The van der Waals surface area contributed by atoms with Crippen LogP contribution in [-0.2, 0) is 0 Å². The van der Waals surface area contributed by atoms with Gasteiger partial charge in [-0.15, -0.1) is 0 Å². The van der Waals surface area contributed by atoms with E-state index in [-0.39, 0.29) is 19.6 Å². The predicted octanol–water partition coefficient (Wildman–Crippen LogP) is 2.90. The van der Waals surface area contributed by atoms with Crippen LogP contribution in [0.3, 0.4) is 0 Å². The Hall–Kier alpha value is -0.500. The second-order valence-corrected chi connectivity index (χ2v) is 4.88. The highest BCUT2D eigenvalue weighted by Gasteiger charge is 2.38. The molecule has 0 aliphatic carbocycles. The fraction of sp³-hybridized carbons (Fsp3) is 1.00. The first kappa shape index (κ1) is 16.6. The Morgan fingerprint density at radius 2 is 1.53 bits per heavy atom. The summed E-state index contributed by atoms with van der Waals surface area (Å²) >= 11 is 0. The summed E-state index contributed by atoms with van der Waals surface area (Å²) in [5.41, 5.74) is 0. The van der Waals surface area contributed by atoms with Crippen LogP contribution in [0.1, 0.15) is 19.8 Å². The Morgan fingerprint density at radius 1 is 0.947 bits per heavy atom. The van der Waals surface area contributed by atoms with E-state index in [1.165, 1.54) is 9.80 Å². The molecule has 1 saturated heterocycles. The summed E-state index contributed by atoms with van der Waals surface area (Å²) in [4.78, 5) is 2.43. The van der Waals surface area contributed by atoms with Crippen molar-refractivity contribution in [1.29, 1.82) is 0 Å². The molecule has 1 heterocycles. The second kappa shape index (κ2) is 6.30. The van der Waals surface area contributed by atoms with E-state index in [1.807, 2.05) is 6.92 Å². The highest BCUT2D eigenvalue weighted by Crippen LogP contribution is 2.24. The lowest BCUT2D eigenvalue weighted by molar-refractivity contribution is -0.170. The monoisotopic (exact) mass is 292 g/mol. The molecule has 1 atom stereocenters. The lowest BCUT2D eigenvalue weighted by Crippen LogP contribution is -2.56. The highest BCUT2D eigenvalue weighted by molar-refractivity contribution is 4.84. The molecule has 1 rings (SSSR count). The Morgan fingerprint density at radius 3 is 2.00 bits per heavy atom. The number of hydrogen-bond donors (Lipinski definition) is 0. The maximum absolute atomic E-state index is 12.4. The molecule has 0 spiro atoms. The number of halogens is 6. The zero-order valence-electron chi connectivity index (χ0n) is 10.7. The minimum atomic E-state index is -4.31. The van der Waals surface area contributed by atoms with Crippen LogP contribution in [0.4, 0.5) is 26.3 Å². The topological polar surface area (TPSA) is 6.48 Å². The van der Waals surface area contributed by atoms with Crippen molar-refractivity contribution in [2.75, 3.05) is 32.7 Å². The van der Waals surface area contributed by atoms with Crippen molar-refractivity contribution in [1.82, 2.24) is 9.80 Å². The molecule has 1 fully saturated rings. The third-order valence-corrected chi connectivity index (χ3v) is 3.10. The molecule has 2 nitrogen and oxygen atoms in total. The van der Waals surface area contributed by atoms with Crippen LogP contribution in [0.2, 0.25) is 0 Å². The third kappa shape index (κ3) is 6.47. The molecule has 0 radical (unpaired) electrons. The molecule has 1 aliphatic heterocycles. The third-order valence-electron chi connectivity index (χ3n) is 3.10. The van der Waals surface area contributed by atoms with Gasteiger partial charge in [0.2, 0.25) is 0 Å². The van der Waals surface area contributed by atoms with Crippen molar-refractivity contribution < 1.29 is 26.3 Å². The number of alkyl halides is 6. The van der Waals surface area contributed by atoms with Gasteiger partial charge in [0, 0.05) is 25.7 Å². The Balaban J connectivity index is 2.59. The molecule has 8 heteroatoms. The van der Waals surface area contributed by atoms with E-state index in [9.17, 15) is 26.3 Å². The molecule has 0 aromatic rings. The Kier molecular flexibility index (Phi) is 5.49. The first-order valence-electron chi connectivity index (χ1n) is 6.20. The van der Waals surface area contributed by atoms with E-state index < -0.39 is 31.5 Å². The van der Waals surface area contributed by atoms with Gasteiger partial charge in [0.25, 0.3) is 0 Å². The zero-order valence-corrected chi connectivity index (χ0v) is 10.7. The van der Waals surface area contributed by atoms with Gasteiger partial charge in [-0.1, -0.05) is 13.3 Å². The van der Waals surface area contributed by atoms with Gasteiger partial charge in [-0.2, -0.15) is 26.3 Å². The van der Waals surface area contributed by atoms with Gasteiger partial charge in [0.15, 0.2) is 0 Å². The van der Waals surface area contributed by atoms with Crippen LogP contribution in [0.5, 0.6) is 0 Å². The van der Waals surface area contributed by atoms with Gasteiger partial charge in [-0.05, 0) is 6.42 Å². The van der Waals surface area contributed by atoms with Gasteiger partial charge >= 0.3 is 12.4 Å². The highest BCUT2D eigenvalue weighted by atomic mass is 19.4. The van der Waals surface area contributed by atoms with Crippen molar-refractivity contribution in [3.05, 3.63) is 0 Å². The van der Waals surface area contributed by atoms with Crippen LogP contribution in [-0.4, -0.2) is 60.9 Å². The lowest BCUT2D eigenvalue weighted by Gasteiger charge is -2.41. The predicted molar refractivity (Wildman–Crippen MR) is 58.8 cm³/mol. The second-order valence-electron chi connectivity index (χ2n) is 4.88. The molecule has 0 saturated carbocycles. The minimum Gasteiger partial charge on any atom is -0.292 e.